The van der Waals surface area contributed by atoms with Crippen molar-refractivity contribution in [2.75, 3.05) is 18.4 Å². The molecule has 1 heterocycles. The largest absolute Gasteiger partial charge is 0.347 e. The molecule has 0 saturated carbocycles. The van der Waals surface area contributed by atoms with Crippen molar-refractivity contribution in [3.05, 3.63) is 28.2 Å². The van der Waals surface area contributed by atoms with Gasteiger partial charge in [-0.15, -0.1) is 12.4 Å². The van der Waals surface area contributed by atoms with Crippen LogP contribution in [0, 0.1) is 6.92 Å². The summed E-state index contributed by atoms with van der Waals surface area (Å²) in [6.45, 7) is 2.90. The lowest BCUT2D eigenvalue weighted by atomic mass is 10.1. The van der Waals surface area contributed by atoms with Crippen LogP contribution in [0.5, 0.6) is 0 Å². The Morgan fingerprint density at radius 2 is 2.14 bits per heavy atom. The van der Waals surface area contributed by atoms with E-state index in [4.69, 9.17) is 0 Å². The molecule has 2 amide bonds. The first-order valence-electron chi connectivity index (χ1n) is 7.10. The molecule has 122 valence electrons. The third kappa shape index (κ3) is 5.94. The number of rotatable bonds is 5. The second-order valence-corrected chi connectivity index (χ2v) is 6.20. The van der Waals surface area contributed by atoms with Gasteiger partial charge in [0.15, 0.2) is 0 Å². The Morgan fingerprint density at radius 1 is 1.36 bits per heavy atom. The van der Waals surface area contributed by atoms with E-state index in [0.29, 0.717) is 6.42 Å². The van der Waals surface area contributed by atoms with E-state index in [9.17, 15) is 9.59 Å². The summed E-state index contributed by atoms with van der Waals surface area (Å²) in [6.07, 6.45) is 2.57. The Hall–Kier alpha value is -1.11. The van der Waals surface area contributed by atoms with Gasteiger partial charge in [0.05, 0.1) is 6.54 Å². The first-order chi connectivity index (χ1) is 10.0. The summed E-state index contributed by atoms with van der Waals surface area (Å²) in [7, 11) is 0. The Bertz CT molecular complexity index is 534. The van der Waals surface area contributed by atoms with E-state index >= 15 is 0 Å². The molecule has 3 N–H and O–H groups in total. The zero-order valence-electron chi connectivity index (χ0n) is 12.4. The maximum Gasteiger partial charge on any atom is 0.243 e. The number of anilines is 1. The molecule has 2 rings (SSSR count). The van der Waals surface area contributed by atoms with E-state index < -0.39 is 0 Å². The highest BCUT2D eigenvalue weighted by Crippen LogP contribution is 2.19. The van der Waals surface area contributed by atoms with Gasteiger partial charge in [-0.1, -0.05) is 15.9 Å². The van der Waals surface area contributed by atoms with Gasteiger partial charge < -0.3 is 16.0 Å². The van der Waals surface area contributed by atoms with Crippen molar-refractivity contribution >= 4 is 45.8 Å². The Morgan fingerprint density at radius 3 is 2.77 bits per heavy atom. The molecule has 5 nitrogen and oxygen atoms in total. The van der Waals surface area contributed by atoms with Gasteiger partial charge in [0, 0.05) is 22.6 Å². The molecule has 22 heavy (non-hydrogen) atoms. The van der Waals surface area contributed by atoms with Gasteiger partial charge in [-0.3, -0.25) is 9.59 Å². The number of halogens is 2. The van der Waals surface area contributed by atoms with Gasteiger partial charge >= 0.3 is 0 Å². The zero-order valence-corrected chi connectivity index (χ0v) is 14.9. The summed E-state index contributed by atoms with van der Waals surface area (Å²) < 4.78 is 0.968. The third-order valence-electron chi connectivity index (χ3n) is 3.50. The van der Waals surface area contributed by atoms with E-state index in [1.54, 1.807) is 0 Å². The second-order valence-electron chi connectivity index (χ2n) is 5.28. The zero-order chi connectivity index (χ0) is 15.2. The topological polar surface area (TPSA) is 70.2 Å². The second kappa shape index (κ2) is 9.12. The predicted octanol–water partition coefficient (Wildman–Crippen LogP) is 2.38. The van der Waals surface area contributed by atoms with Crippen LogP contribution in [-0.2, 0) is 9.59 Å². The summed E-state index contributed by atoms with van der Waals surface area (Å²) in [5.41, 5.74) is 1.73. The fraction of sp³-hybridized carbons (Fsp3) is 0.467. The first kappa shape index (κ1) is 18.9. The van der Waals surface area contributed by atoms with E-state index in [0.717, 1.165) is 35.1 Å². The fourth-order valence-corrected chi connectivity index (χ4v) is 2.84. The molecule has 1 aliphatic rings. The van der Waals surface area contributed by atoms with Crippen molar-refractivity contribution in [2.45, 2.75) is 32.2 Å². The van der Waals surface area contributed by atoms with Crippen molar-refractivity contribution in [3.8, 4) is 0 Å². The minimum Gasteiger partial charge on any atom is -0.347 e. The normalized spacial score (nSPS) is 16.7. The van der Waals surface area contributed by atoms with Crippen molar-refractivity contribution in [1.29, 1.82) is 0 Å². The molecule has 1 unspecified atom stereocenters. The number of nitrogens with one attached hydrogen (secondary N) is 3. The van der Waals surface area contributed by atoms with Crippen LogP contribution in [0.15, 0.2) is 22.7 Å². The lowest BCUT2D eigenvalue weighted by Gasteiger charge is -2.11. The number of hydrogen-bond donors (Lipinski definition) is 3. The third-order valence-corrected chi connectivity index (χ3v) is 4.00. The van der Waals surface area contributed by atoms with Gasteiger partial charge in [-0.05, 0) is 50.1 Å². The van der Waals surface area contributed by atoms with Crippen LogP contribution < -0.4 is 16.0 Å². The van der Waals surface area contributed by atoms with Crippen molar-refractivity contribution in [1.82, 2.24) is 10.6 Å². The Kier molecular flexibility index (Phi) is 7.85. The monoisotopic (exact) mass is 389 g/mol. The van der Waals surface area contributed by atoms with Gasteiger partial charge in [-0.25, -0.2) is 0 Å². The van der Waals surface area contributed by atoms with Gasteiger partial charge in [0.1, 0.15) is 0 Å². The van der Waals surface area contributed by atoms with Crippen LogP contribution in [0.4, 0.5) is 5.69 Å². The summed E-state index contributed by atoms with van der Waals surface area (Å²) >= 11 is 3.38. The highest BCUT2D eigenvalue weighted by atomic mass is 79.9. The number of carbonyl (C=O) groups is 2. The lowest BCUT2D eigenvalue weighted by Crippen LogP contribution is -2.36. The summed E-state index contributed by atoms with van der Waals surface area (Å²) in [5, 5.41) is 8.72. The number of carbonyl (C=O) groups excluding carboxylic acids is 2. The summed E-state index contributed by atoms with van der Waals surface area (Å²) in [4.78, 5) is 23.6. The molecule has 1 atom stereocenters. The quantitative estimate of drug-likeness (QED) is 0.723. The number of benzene rings is 1. The molecular weight excluding hydrogens is 370 g/mol. The number of aryl methyl sites for hydroxylation is 1. The number of amides is 2. The highest BCUT2D eigenvalue weighted by molar-refractivity contribution is 9.10. The van der Waals surface area contributed by atoms with Crippen LogP contribution in [0.1, 0.15) is 24.8 Å². The van der Waals surface area contributed by atoms with Crippen molar-refractivity contribution in [2.24, 2.45) is 0 Å². The maximum atomic E-state index is 11.8. The van der Waals surface area contributed by atoms with Crippen LogP contribution in [0.2, 0.25) is 0 Å². The molecule has 7 heteroatoms. The molecule has 1 saturated heterocycles. The summed E-state index contributed by atoms with van der Waals surface area (Å²) in [5.74, 6) is -0.301. The van der Waals surface area contributed by atoms with Crippen LogP contribution >= 0.6 is 28.3 Å². The molecule has 0 aliphatic carbocycles. The molecule has 0 spiro atoms. The lowest BCUT2D eigenvalue weighted by molar-refractivity contribution is -0.124. The molecule has 0 radical (unpaired) electrons. The molecule has 0 aromatic heterocycles. The maximum absolute atomic E-state index is 11.8. The number of hydrogen-bond acceptors (Lipinski definition) is 3. The van der Waals surface area contributed by atoms with Crippen molar-refractivity contribution in [3.63, 3.8) is 0 Å². The standard InChI is InChI=1S/C15H20BrN3O2.ClH/c1-10-7-11(16)4-5-13(10)19-15(21)9-18-14(20)8-12-3-2-6-17-12;/h4-5,7,12,17H,2-3,6,8-9H2,1H3,(H,18,20)(H,19,21);1H. The van der Waals surface area contributed by atoms with Gasteiger partial charge in [0.2, 0.25) is 11.8 Å². The van der Waals surface area contributed by atoms with Crippen molar-refractivity contribution < 1.29 is 9.59 Å². The van der Waals surface area contributed by atoms with Crippen LogP contribution in [0.25, 0.3) is 0 Å². The van der Waals surface area contributed by atoms with E-state index in [-0.39, 0.29) is 36.8 Å². The Balaban J connectivity index is 0.00000242. The summed E-state index contributed by atoms with van der Waals surface area (Å²) in [6, 6.07) is 5.89. The van der Waals surface area contributed by atoms with E-state index in [1.165, 1.54) is 0 Å². The van der Waals surface area contributed by atoms with Gasteiger partial charge in [-0.2, -0.15) is 0 Å². The van der Waals surface area contributed by atoms with Crippen LogP contribution in [-0.4, -0.2) is 30.9 Å². The average molecular weight is 391 g/mol. The predicted molar refractivity (Wildman–Crippen MR) is 93.4 cm³/mol. The van der Waals surface area contributed by atoms with Crippen LogP contribution in [0.3, 0.4) is 0 Å². The molecule has 1 aromatic rings. The molecule has 1 fully saturated rings. The van der Waals surface area contributed by atoms with Gasteiger partial charge in [0.25, 0.3) is 0 Å². The molecule has 1 aliphatic heterocycles. The SMILES string of the molecule is Cc1cc(Br)ccc1NC(=O)CNC(=O)CC1CCCN1.Cl. The molecular formula is C15H21BrClN3O2. The molecule has 1 aromatic carbocycles. The minimum atomic E-state index is -0.215. The smallest absolute Gasteiger partial charge is 0.243 e. The van der Waals surface area contributed by atoms with E-state index in [1.807, 2.05) is 25.1 Å². The average Bonchev–Trinajstić information content (AvgIpc) is 2.92. The minimum absolute atomic E-state index is 0. The van der Waals surface area contributed by atoms with E-state index in [2.05, 4.69) is 31.9 Å². The highest BCUT2D eigenvalue weighted by Gasteiger charge is 2.17. The fourth-order valence-electron chi connectivity index (χ4n) is 2.37. The molecule has 0 bridgehead atoms. The Labute approximate surface area is 145 Å². The first-order valence-corrected chi connectivity index (χ1v) is 7.90.